The number of carbonyl (C=O) groups excluding carboxylic acids is 1. The van der Waals surface area contributed by atoms with Gasteiger partial charge in [-0.3, -0.25) is 9.69 Å². The van der Waals surface area contributed by atoms with Crippen molar-refractivity contribution in [1.82, 2.24) is 24.8 Å². The number of rotatable bonds is 2. The van der Waals surface area contributed by atoms with Crippen molar-refractivity contribution < 1.29 is 13.9 Å². The minimum Gasteiger partial charge on any atom is -0.378 e. The molecule has 2 atom stereocenters. The molecule has 0 saturated carbocycles. The second kappa shape index (κ2) is 5.80. The van der Waals surface area contributed by atoms with Crippen LogP contribution in [0.25, 0.3) is 5.82 Å². The van der Waals surface area contributed by atoms with Crippen LogP contribution in [0.1, 0.15) is 35.3 Å². The van der Waals surface area contributed by atoms with Crippen LogP contribution in [0, 0.1) is 5.82 Å². The summed E-state index contributed by atoms with van der Waals surface area (Å²) < 4.78 is 21.6. The summed E-state index contributed by atoms with van der Waals surface area (Å²) in [6.45, 7) is 2.70. The number of carbonyl (C=O) groups is 1. The minimum absolute atomic E-state index is 0.0353. The summed E-state index contributed by atoms with van der Waals surface area (Å²) in [5.74, 6) is 0.177. The van der Waals surface area contributed by atoms with Gasteiger partial charge in [0.1, 0.15) is 11.4 Å². The molecule has 1 amide bonds. The topological polar surface area (TPSA) is 78.5 Å². The van der Waals surface area contributed by atoms with Crippen LogP contribution in [0.15, 0.2) is 35.2 Å². The first kappa shape index (κ1) is 16.3. The van der Waals surface area contributed by atoms with Gasteiger partial charge in [-0.2, -0.15) is 9.67 Å². The van der Waals surface area contributed by atoms with E-state index in [1.165, 1.54) is 11.0 Å². The van der Waals surface area contributed by atoms with E-state index in [4.69, 9.17) is 4.74 Å². The lowest BCUT2D eigenvalue weighted by Crippen LogP contribution is -2.42. The standard InChI is InChI=1S/C18H17FN6O2/c1-10-11(6-7-27-10)14-8-21-22-25(14)16-17-23(2)18(26)15-12(19)4-3-5-13(15)24(17)9-20-16/h3-5,8-11H,6-7H2,1-2H3/q+1. The van der Waals surface area contributed by atoms with E-state index >= 15 is 0 Å². The number of nitrogens with zero attached hydrogens (tertiary/aromatic N) is 6. The first-order valence-corrected chi connectivity index (χ1v) is 8.74. The van der Waals surface area contributed by atoms with Crippen LogP contribution in [-0.2, 0) is 4.74 Å². The molecule has 27 heavy (non-hydrogen) atoms. The Balaban J connectivity index is 1.66. The van der Waals surface area contributed by atoms with Gasteiger partial charge in [0.2, 0.25) is 11.5 Å². The Hall–Kier alpha value is -2.91. The normalized spacial score (nSPS) is 24.7. The Bertz CT molecular complexity index is 1010. The van der Waals surface area contributed by atoms with Crippen LogP contribution in [0.4, 0.5) is 10.1 Å². The number of anilines is 1. The van der Waals surface area contributed by atoms with Crippen molar-refractivity contribution >= 4 is 23.8 Å². The summed E-state index contributed by atoms with van der Waals surface area (Å²) in [5.41, 5.74) is 1.38. The maximum Gasteiger partial charge on any atom is 0.318 e. The lowest BCUT2D eigenvalue weighted by atomic mass is 9.99. The maximum absolute atomic E-state index is 14.3. The number of hydrogen-bond acceptors (Lipinski definition) is 6. The summed E-state index contributed by atoms with van der Waals surface area (Å²) in [6, 6.07) is 4.56. The van der Waals surface area contributed by atoms with Crippen molar-refractivity contribution in [2.75, 3.05) is 13.7 Å². The van der Waals surface area contributed by atoms with Gasteiger partial charge in [0.05, 0.1) is 18.0 Å². The van der Waals surface area contributed by atoms with Gasteiger partial charge in [-0.1, -0.05) is 11.3 Å². The lowest BCUT2D eigenvalue weighted by Gasteiger charge is -2.24. The number of aliphatic imine (C=N–C) groups is 1. The van der Waals surface area contributed by atoms with E-state index in [0.717, 1.165) is 12.1 Å². The van der Waals surface area contributed by atoms with Crippen LogP contribution in [0.2, 0.25) is 0 Å². The highest BCUT2D eigenvalue weighted by atomic mass is 19.1. The molecule has 0 N–H and O–H groups in total. The van der Waals surface area contributed by atoms with Gasteiger partial charge < -0.3 is 4.74 Å². The molecule has 1 radical (unpaired) electrons. The molecule has 1 saturated heterocycles. The Morgan fingerprint density at radius 2 is 2.22 bits per heavy atom. The molecule has 2 unspecified atom stereocenters. The average Bonchev–Trinajstić information content (AvgIpc) is 3.37. The van der Waals surface area contributed by atoms with Gasteiger partial charge in [-0.15, -0.1) is 5.10 Å². The molecule has 9 heteroatoms. The first-order chi connectivity index (χ1) is 13.1. The van der Waals surface area contributed by atoms with E-state index in [-0.39, 0.29) is 17.6 Å². The zero-order valence-electron chi connectivity index (χ0n) is 14.8. The van der Waals surface area contributed by atoms with Crippen molar-refractivity contribution in [3.63, 3.8) is 0 Å². The molecular formula is C18H17FN6O2+. The van der Waals surface area contributed by atoms with E-state index in [1.54, 1.807) is 41.3 Å². The number of fused-ring (bicyclic) bond motifs is 3. The zero-order valence-corrected chi connectivity index (χ0v) is 14.8. The molecule has 1 fully saturated rings. The van der Waals surface area contributed by atoms with Crippen molar-refractivity contribution in [3.8, 4) is 0 Å². The molecule has 5 rings (SSSR count). The summed E-state index contributed by atoms with van der Waals surface area (Å²) in [5, 5.41) is 8.26. The third-order valence-electron chi connectivity index (χ3n) is 5.34. The van der Waals surface area contributed by atoms with Crippen molar-refractivity contribution in [1.29, 1.82) is 0 Å². The van der Waals surface area contributed by atoms with Crippen molar-refractivity contribution in [3.05, 3.63) is 47.3 Å². The van der Waals surface area contributed by atoms with E-state index in [2.05, 4.69) is 15.3 Å². The molecule has 3 aliphatic heterocycles. The van der Waals surface area contributed by atoms with Crippen LogP contribution < -0.4 is 4.90 Å². The summed E-state index contributed by atoms with van der Waals surface area (Å²) >= 11 is 0. The van der Waals surface area contributed by atoms with Crippen LogP contribution in [0.5, 0.6) is 0 Å². The largest absolute Gasteiger partial charge is 0.378 e. The van der Waals surface area contributed by atoms with Crippen LogP contribution in [-0.4, -0.2) is 51.9 Å². The third kappa shape index (κ3) is 2.22. The van der Waals surface area contributed by atoms with Gasteiger partial charge in [0.25, 0.3) is 12.2 Å². The molecule has 1 aromatic heterocycles. The predicted octanol–water partition coefficient (Wildman–Crippen LogP) is 1.99. The van der Waals surface area contributed by atoms with Crippen molar-refractivity contribution in [2.45, 2.75) is 25.4 Å². The second-order valence-electron chi connectivity index (χ2n) is 6.80. The molecular weight excluding hydrogens is 351 g/mol. The third-order valence-corrected chi connectivity index (χ3v) is 5.34. The minimum atomic E-state index is -0.552. The number of hydrogen-bond donors (Lipinski definition) is 0. The molecule has 0 bridgehead atoms. The van der Waals surface area contributed by atoms with E-state index in [0.29, 0.717) is 23.9 Å². The van der Waals surface area contributed by atoms with Gasteiger partial charge >= 0.3 is 5.82 Å². The summed E-state index contributed by atoms with van der Waals surface area (Å²) in [4.78, 5) is 20.4. The van der Waals surface area contributed by atoms with E-state index < -0.39 is 11.7 Å². The fourth-order valence-electron chi connectivity index (χ4n) is 3.94. The number of ether oxygens (including phenoxy) is 1. The highest BCUT2D eigenvalue weighted by molar-refractivity contribution is 6.06. The van der Waals surface area contributed by atoms with E-state index in [9.17, 15) is 9.18 Å². The fourth-order valence-corrected chi connectivity index (χ4v) is 3.94. The van der Waals surface area contributed by atoms with Crippen LogP contribution in [0.3, 0.4) is 0 Å². The van der Waals surface area contributed by atoms with Crippen LogP contribution >= 0.6 is 0 Å². The molecule has 2 aromatic rings. The highest BCUT2D eigenvalue weighted by Crippen LogP contribution is 2.39. The highest BCUT2D eigenvalue weighted by Gasteiger charge is 2.48. The molecule has 8 nitrogen and oxygen atoms in total. The summed E-state index contributed by atoms with van der Waals surface area (Å²) in [6.07, 6.45) is 4.20. The lowest BCUT2D eigenvalue weighted by molar-refractivity contribution is 0.0810. The quantitative estimate of drug-likeness (QED) is 0.760. The molecule has 0 aliphatic carbocycles. The Kier molecular flexibility index (Phi) is 3.49. The number of benzene rings is 1. The average molecular weight is 368 g/mol. The molecule has 137 valence electrons. The van der Waals surface area contributed by atoms with E-state index in [1.807, 2.05) is 6.92 Å². The van der Waals surface area contributed by atoms with Crippen molar-refractivity contribution in [2.24, 2.45) is 4.99 Å². The SMILES string of the molecule is CC1OCCC1c1cnnn1C1=C2N(C)C(=O)c3c(F)cccc3[N+]2C=N1. The molecule has 4 heterocycles. The first-order valence-electron chi connectivity index (χ1n) is 8.74. The molecule has 0 spiro atoms. The number of amides is 1. The molecule has 3 aliphatic rings. The zero-order chi connectivity index (χ0) is 18.7. The van der Waals surface area contributed by atoms with Gasteiger partial charge in [-0.05, 0) is 24.3 Å². The molecule has 1 aromatic carbocycles. The van der Waals surface area contributed by atoms with Gasteiger partial charge in [0, 0.05) is 25.6 Å². The fraction of sp³-hybridized carbons (Fsp3) is 0.333. The number of halogens is 1. The van der Waals surface area contributed by atoms with Gasteiger partial charge in [-0.25, -0.2) is 4.39 Å². The smallest absolute Gasteiger partial charge is 0.318 e. The Labute approximate surface area is 154 Å². The van der Waals surface area contributed by atoms with Gasteiger partial charge in [0.15, 0.2) is 0 Å². The summed E-state index contributed by atoms with van der Waals surface area (Å²) in [7, 11) is 1.60. The monoisotopic (exact) mass is 368 g/mol. The Morgan fingerprint density at radius 1 is 1.37 bits per heavy atom. The predicted molar refractivity (Wildman–Crippen MR) is 94.8 cm³/mol. The second-order valence-corrected chi connectivity index (χ2v) is 6.80. The number of aromatic nitrogens is 3. The maximum atomic E-state index is 14.3. The Morgan fingerprint density at radius 3 is 3.00 bits per heavy atom.